The van der Waals surface area contributed by atoms with Crippen molar-refractivity contribution in [3.05, 3.63) is 12.2 Å². The van der Waals surface area contributed by atoms with Crippen molar-refractivity contribution in [1.29, 1.82) is 0 Å². The lowest BCUT2D eigenvalue weighted by atomic mass is 9.75. The molecule has 0 nitrogen and oxygen atoms in total. The maximum absolute atomic E-state index is 4.31. The predicted molar refractivity (Wildman–Crippen MR) is 79.2 cm³/mol. The number of rotatable bonds is 7. The zero-order chi connectivity index (χ0) is 12.8. The monoisotopic (exact) mass is 242 g/mol. The molecule has 0 saturated carbocycles. The highest BCUT2D eigenvalue weighted by molar-refractivity contribution is 7.80. The Morgan fingerprint density at radius 3 is 2.12 bits per heavy atom. The van der Waals surface area contributed by atoms with Gasteiger partial charge in [-0.05, 0) is 48.7 Å². The number of allylic oxidation sites excluding steroid dienone is 1. The third-order valence-corrected chi connectivity index (χ3v) is 3.38. The summed E-state index contributed by atoms with van der Waals surface area (Å²) < 4.78 is 0. The third-order valence-electron chi connectivity index (χ3n) is 3.07. The van der Waals surface area contributed by atoms with Crippen LogP contribution in [0.3, 0.4) is 0 Å². The van der Waals surface area contributed by atoms with Crippen LogP contribution in [-0.4, -0.2) is 5.75 Å². The van der Waals surface area contributed by atoms with Gasteiger partial charge in [-0.15, -0.1) is 0 Å². The van der Waals surface area contributed by atoms with Gasteiger partial charge in [0, 0.05) is 0 Å². The topological polar surface area (TPSA) is 0 Å². The Labute approximate surface area is 108 Å². The second-order valence-corrected chi connectivity index (χ2v) is 6.90. The molecule has 0 rings (SSSR count). The summed E-state index contributed by atoms with van der Waals surface area (Å²) in [5, 5.41) is 0. The van der Waals surface area contributed by atoms with E-state index < -0.39 is 0 Å². The van der Waals surface area contributed by atoms with Crippen LogP contribution in [0.1, 0.15) is 60.3 Å². The molecule has 0 aliphatic carbocycles. The summed E-state index contributed by atoms with van der Waals surface area (Å²) >= 11 is 4.25. The minimum Gasteiger partial charge on any atom is -0.179 e. The van der Waals surface area contributed by atoms with E-state index in [9.17, 15) is 0 Å². The minimum atomic E-state index is 0.404. The van der Waals surface area contributed by atoms with Crippen LogP contribution in [-0.2, 0) is 0 Å². The van der Waals surface area contributed by atoms with Crippen LogP contribution in [0.25, 0.3) is 0 Å². The number of hydrogen-bond donors (Lipinski definition) is 1. The van der Waals surface area contributed by atoms with Crippen molar-refractivity contribution < 1.29 is 0 Å². The van der Waals surface area contributed by atoms with Gasteiger partial charge in [-0.1, -0.05) is 46.8 Å². The Morgan fingerprint density at radius 1 is 1.19 bits per heavy atom. The second-order valence-electron chi connectivity index (χ2n) is 6.45. The van der Waals surface area contributed by atoms with E-state index in [4.69, 9.17) is 0 Å². The van der Waals surface area contributed by atoms with Crippen molar-refractivity contribution in [3.8, 4) is 0 Å². The summed E-state index contributed by atoms with van der Waals surface area (Å²) in [6.07, 6.45) is 4.89. The summed E-state index contributed by atoms with van der Waals surface area (Å²) in [7, 11) is 0. The van der Waals surface area contributed by atoms with E-state index in [0.717, 1.165) is 5.75 Å². The van der Waals surface area contributed by atoms with Gasteiger partial charge in [0.25, 0.3) is 0 Å². The average Bonchev–Trinajstić information content (AvgIpc) is 2.12. The summed E-state index contributed by atoms with van der Waals surface area (Å²) in [5.41, 5.74) is 1.85. The van der Waals surface area contributed by atoms with Gasteiger partial charge in [0.1, 0.15) is 0 Å². The molecule has 0 aliphatic rings. The zero-order valence-electron chi connectivity index (χ0n) is 11.8. The molecule has 0 N–H and O–H groups in total. The van der Waals surface area contributed by atoms with E-state index in [1.54, 1.807) is 0 Å². The highest BCUT2D eigenvalue weighted by atomic mass is 32.1. The fourth-order valence-corrected chi connectivity index (χ4v) is 2.38. The molecule has 0 aromatic heterocycles. The van der Waals surface area contributed by atoms with E-state index in [1.165, 1.54) is 31.3 Å². The molecule has 0 aromatic carbocycles. The van der Waals surface area contributed by atoms with Crippen LogP contribution in [0.5, 0.6) is 0 Å². The van der Waals surface area contributed by atoms with Crippen molar-refractivity contribution in [2.24, 2.45) is 17.3 Å². The molecule has 0 heterocycles. The summed E-state index contributed by atoms with van der Waals surface area (Å²) in [6, 6.07) is 0. The van der Waals surface area contributed by atoms with Gasteiger partial charge in [-0.25, -0.2) is 0 Å². The first-order valence-electron chi connectivity index (χ1n) is 6.56. The average molecular weight is 242 g/mol. The summed E-state index contributed by atoms with van der Waals surface area (Å²) in [4.78, 5) is 0. The smallest absolute Gasteiger partial charge is 0.00978 e. The highest BCUT2D eigenvalue weighted by Gasteiger charge is 2.23. The van der Waals surface area contributed by atoms with Crippen LogP contribution in [0.15, 0.2) is 12.2 Å². The van der Waals surface area contributed by atoms with Gasteiger partial charge in [0.05, 0.1) is 0 Å². The van der Waals surface area contributed by atoms with Crippen LogP contribution < -0.4 is 0 Å². The number of hydrogen-bond acceptors (Lipinski definition) is 1. The van der Waals surface area contributed by atoms with Gasteiger partial charge >= 0.3 is 0 Å². The van der Waals surface area contributed by atoms with Crippen molar-refractivity contribution in [2.45, 2.75) is 60.3 Å². The van der Waals surface area contributed by atoms with Crippen molar-refractivity contribution in [3.63, 3.8) is 0 Å². The normalized spacial score (nSPS) is 14.2. The van der Waals surface area contributed by atoms with Gasteiger partial charge in [-0.3, -0.25) is 0 Å². The Bertz CT molecular complexity index is 198. The first-order valence-corrected chi connectivity index (χ1v) is 7.19. The molecular weight excluding hydrogens is 212 g/mol. The van der Waals surface area contributed by atoms with Crippen LogP contribution in [0.2, 0.25) is 0 Å². The van der Waals surface area contributed by atoms with Crippen LogP contribution >= 0.6 is 12.6 Å². The molecule has 1 unspecified atom stereocenters. The first kappa shape index (κ1) is 16.1. The van der Waals surface area contributed by atoms with Gasteiger partial charge in [0.15, 0.2) is 0 Å². The van der Waals surface area contributed by atoms with Gasteiger partial charge in [-0.2, -0.15) is 12.6 Å². The van der Waals surface area contributed by atoms with E-state index in [1.807, 2.05) is 0 Å². The molecule has 0 spiro atoms. The molecule has 96 valence electrons. The SMILES string of the molecule is C=C(CCCCS)C(CC(C)(C)C)C(C)C. The van der Waals surface area contributed by atoms with Crippen molar-refractivity contribution in [2.75, 3.05) is 5.75 Å². The lowest BCUT2D eigenvalue weighted by molar-refractivity contribution is 0.268. The van der Waals surface area contributed by atoms with E-state index >= 15 is 0 Å². The predicted octanol–water partition coefficient (Wildman–Crippen LogP) is 5.35. The zero-order valence-corrected chi connectivity index (χ0v) is 12.7. The first-order chi connectivity index (χ1) is 7.28. The minimum absolute atomic E-state index is 0.404. The molecule has 1 atom stereocenters. The van der Waals surface area contributed by atoms with E-state index in [2.05, 4.69) is 53.8 Å². The van der Waals surface area contributed by atoms with Crippen molar-refractivity contribution >= 4 is 12.6 Å². The summed E-state index contributed by atoms with van der Waals surface area (Å²) in [5.74, 6) is 2.39. The largest absolute Gasteiger partial charge is 0.179 e. The maximum Gasteiger partial charge on any atom is -0.00978 e. The fourth-order valence-electron chi connectivity index (χ4n) is 2.16. The maximum atomic E-state index is 4.31. The molecule has 1 heteroatoms. The molecule has 0 aliphatic heterocycles. The molecule has 16 heavy (non-hydrogen) atoms. The van der Waals surface area contributed by atoms with E-state index in [0.29, 0.717) is 17.3 Å². The van der Waals surface area contributed by atoms with Gasteiger partial charge in [0.2, 0.25) is 0 Å². The standard InChI is InChI=1S/C15H30S/c1-12(2)14(11-15(4,5)6)13(3)9-7-8-10-16/h12,14,16H,3,7-11H2,1-2,4-6H3. The molecule has 0 bridgehead atoms. The third kappa shape index (κ3) is 7.38. The van der Waals surface area contributed by atoms with Crippen molar-refractivity contribution in [1.82, 2.24) is 0 Å². The summed E-state index contributed by atoms with van der Waals surface area (Å²) in [6.45, 7) is 15.9. The Hall–Kier alpha value is 0.0900. The number of unbranched alkanes of at least 4 members (excludes halogenated alkanes) is 1. The Morgan fingerprint density at radius 2 is 1.75 bits per heavy atom. The highest BCUT2D eigenvalue weighted by Crippen LogP contribution is 2.34. The van der Waals surface area contributed by atoms with Gasteiger partial charge < -0.3 is 0 Å². The Kier molecular flexibility index (Phi) is 7.46. The lowest BCUT2D eigenvalue weighted by Crippen LogP contribution is -2.19. The molecule has 0 radical (unpaired) electrons. The van der Waals surface area contributed by atoms with E-state index in [-0.39, 0.29) is 0 Å². The molecule has 0 fully saturated rings. The quantitative estimate of drug-likeness (QED) is 0.347. The molecule has 0 aromatic rings. The lowest BCUT2D eigenvalue weighted by Gasteiger charge is -2.30. The second kappa shape index (κ2) is 7.42. The van der Waals surface area contributed by atoms with Crippen LogP contribution in [0, 0.1) is 17.3 Å². The van der Waals surface area contributed by atoms with Crippen LogP contribution in [0.4, 0.5) is 0 Å². The number of thiol groups is 1. The fraction of sp³-hybridized carbons (Fsp3) is 0.867. The molecule has 0 saturated heterocycles. The Balaban J connectivity index is 4.25. The molecule has 0 amide bonds. The molecular formula is C15H30S.